The summed E-state index contributed by atoms with van der Waals surface area (Å²) in [5.74, 6) is 0.995. The minimum Gasteiger partial charge on any atom is -0.493 e. The number of hydrogen-bond donors (Lipinski definition) is 1. The van der Waals surface area contributed by atoms with Gasteiger partial charge in [-0.2, -0.15) is 0 Å². The van der Waals surface area contributed by atoms with Gasteiger partial charge in [0.2, 0.25) is 0 Å². The number of benzene rings is 2. The van der Waals surface area contributed by atoms with Crippen molar-refractivity contribution in [1.29, 1.82) is 0 Å². The molecule has 0 amide bonds. The molecule has 2 nitrogen and oxygen atoms in total. The van der Waals surface area contributed by atoms with Crippen LogP contribution in [0.2, 0.25) is 0 Å². The van der Waals surface area contributed by atoms with E-state index >= 15 is 0 Å². The quantitative estimate of drug-likeness (QED) is 0.911. The summed E-state index contributed by atoms with van der Waals surface area (Å²) >= 11 is 0. The second-order valence-electron chi connectivity index (χ2n) is 5.01. The molecule has 1 aliphatic heterocycles. The van der Waals surface area contributed by atoms with Gasteiger partial charge in [0.15, 0.2) is 0 Å². The largest absolute Gasteiger partial charge is 0.493 e. The topological polar surface area (TPSA) is 35.2 Å². The third-order valence-electron chi connectivity index (χ3n) is 3.83. The third kappa shape index (κ3) is 2.24. The predicted molar refractivity (Wildman–Crippen MR) is 77.5 cm³/mol. The Morgan fingerprint density at radius 3 is 2.68 bits per heavy atom. The summed E-state index contributed by atoms with van der Waals surface area (Å²) in [7, 11) is 0. The van der Waals surface area contributed by atoms with Crippen molar-refractivity contribution >= 4 is 0 Å². The zero-order valence-electron chi connectivity index (χ0n) is 11.2. The summed E-state index contributed by atoms with van der Waals surface area (Å²) in [5, 5.41) is 0. The van der Waals surface area contributed by atoms with Gasteiger partial charge in [-0.25, -0.2) is 0 Å². The number of nitrogens with two attached hydrogens (primary N) is 1. The highest BCUT2D eigenvalue weighted by atomic mass is 16.5. The minimum absolute atomic E-state index is 0.112. The molecule has 2 heteroatoms. The molecule has 1 atom stereocenters. The lowest BCUT2D eigenvalue weighted by Crippen LogP contribution is -2.13. The maximum atomic E-state index is 6.40. The first-order valence-corrected chi connectivity index (χ1v) is 6.88. The second kappa shape index (κ2) is 5.06. The van der Waals surface area contributed by atoms with Gasteiger partial charge in [-0.3, -0.25) is 0 Å². The van der Waals surface area contributed by atoms with Crippen LogP contribution in [0.3, 0.4) is 0 Å². The van der Waals surface area contributed by atoms with Gasteiger partial charge in [0.05, 0.1) is 12.6 Å². The average Bonchev–Trinajstić information content (AvgIpc) is 2.95. The van der Waals surface area contributed by atoms with Crippen LogP contribution in [0.1, 0.15) is 35.2 Å². The van der Waals surface area contributed by atoms with Gasteiger partial charge < -0.3 is 10.5 Å². The molecule has 2 aromatic rings. The Morgan fingerprint density at radius 1 is 1.16 bits per heavy atom. The Morgan fingerprint density at radius 2 is 1.95 bits per heavy atom. The molecular formula is C17H19NO. The van der Waals surface area contributed by atoms with Crippen molar-refractivity contribution < 1.29 is 4.74 Å². The Kier molecular flexibility index (Phi) is 3.26. The van der Waals surface area contributed by atoms with E-state index in [1.54, 1.807) is 0 Å². The Labute approximate surface area is 114 Å². The van der Waals surface area contributed by atoms with Crippen molar-refractivity contribution in [3.05, 3.63) is 64.7 Å². The van der Waals surface area contributed by atoms with E-state index < -0.39 is 0 Å². The smallest absolute Gasteiger partial charge is 0.127 e. The van der Waals surface area contributed by atoms with E-state index in [1.807, 2.05) is 0 Å². The normalized spacial score (nSPS) is 14.8. The first kappa shape index (κ1) is 12.2. The number of hydrogen-bond acceptors (Lipinski definition) is 2. The third-order valence-corrected chi connectivity index (χ3v) is 3.83. The molecule has 0 aromatic heterocycles. The minimum atomic E-state index is -0.112. The molecule has 2 N–H and O–H groups in total. The Bertz CT molecular complexity index is 574. The molecule has 1 aliphatic rings. The van der Waals surface area contributed by atoms with Gasteiger partial charge in [0.25, 0.3) is 0 Å². The number of ether oxygens (including phenoxy) is 1. The molecule has 3 rings (SSSR count). The van der Waals surface area contributed by atoms with Crippen LogP contribution < -0.4 is 10.5 Å². The van der Waals surface area contributed by atoms with Crippen molar-refractivity contribution in [1.82, 2.24) is 0 Å². The fraction of sp³-hybridized carbons (Fsp3) is 0.294. The molecule has 0 aliphatic carbocycles. The summed E-state index contributed by atoms with van der Waals surface area (Å²) in [6.07, 6.45) is 2.05. The van der Waals surface area contributed by atoms with E-state index in [0.717, 1.165) is 36.3 Å². The molecule has 98 valence electrons. The lowest BCUT2D eigenvalue weighted by atomic mass is 9.95. The van der Waals surface area contributed by atoms with Gasteiger partial charge in [-0.1, -0.05) is 49.4 Å². The average molecular weight is 253 g/mol. The summed E-state index contributed by atoms with van der Waals surface area (Å²) in [5.41, 5.74) is 11.3. The van der Waals surface area contributed by atoms with Crippen molar-refractivity contribution in [3.63, 3.8) is 0 Å². The van der Waals surface area contributed by atoms with E-state index in [2.05, 4.69) is 49.4 Å². The maximum absolute atomic E-state index is 6.40. The van der Waals surface area contributed by atoms with E-state index in [4.69, 9.17) is 10.5 Å². The summed E-state index contributed by atoms with van der Waals surface area (Å²) in [6.45, 7) is 2.93. The highest BCUT2D eigenvalue weighted by molar-refractivity contribution is 5.48. The fourth-order valence-electron chi connectivity index (χ4n) is 2.63. The van der Waals surface area contributed by atoms with Gasteiger partial charge in [-0.15, -0.1) is 0 Å². The highest BCUT2D eigenvalue weighted by Crippen LogP contribution is 2.35. The highest BCUT2D eigenvalue weighted by Gasteiger charge is 2.20. The molecule has 1 heterocycles. The molecule has 0 saturated carbocycles. The zero-order chi connectivity index (χ0) is 13.2. The van der Waals surface area contributed by atoms with E-state index in [1.165, 1.54) is 11.1 Å². The SMILES string of the molecule is CCc1ccc(C(N)c2cccc3c2OCC3)cc1. The molecule has 0 fully saturated rings. The number of rotatable bonds is 3. The molecule has 0 bridgehead atoms. The lowest BCUT2D eigenvalue weighted by molar-refractivity contribution is 0.352. The van der Waals surface area contributed by atoms with Crippen LogP contribution in [0.25, 0.3) is 0 Å². The van der Waals surface area contributed by atoms with Crippen molar-refractivity contribution in [2.24, 2.45) is 5.73 Å². The van der Waals surface area contributed by atoms with Crippen molar-refractivity contribution in [2.75, 3.05) is 6.61 Å². The van der Waals surface area contributed by atoms with Crippen LogP contribution in [0.4, 0.5) is 0 Å². The zero-order valence-corrected chi connectivity index (χ0v) is 11.2. The molecule has 1 unspecified atom stereocenters. The van der Waals surface area contributed by atoms with Crippen molar-refractivity contribution in [2.45, 2.75) is 25.8 Å². The lowest BCUT2D eigenvalue weighted by Gasteiger charge is -2.16. The molecule has 19 heavy (non-hydrogen) atoms. The van der Waals surface area contributed by atoms with Gasteiger partial charge in [0, 0.05) is 12.0 Å². The summed E-state index contributed by atoms with van der Waals surface area (Å²) in [6, 6.07) is 14.7. The summed E-state index contributed by atoms with van der Waals surface area (Å²) in [4.78, 5) is 0. The first-order valence-electron chi connectivity index (χ1n) is 6.88. The van der Waals surface area contributed by atoms with Crippen LogP contribution in [0, 0.1) is 0 Å². The molecule has 0 spiro atoms. The van der Waals surface area contributed by atoms with E-state index in [-0.39, 0.29) is 6.04 Å². The van der Waals surface area contributed by atoms with Gasteiger partial charge in [0.1, 0.15) is 5.75 Å². The van der Waals surface area contributed by atoms with Crippen LogP contribution in [-0.4, -0.2) is 6.61 Å². The fourth-order valence-corrected chi connectivity index (χ4v) is 2.63. The molecule has 2 aromatic carbocycles. The second-order valence-corrected chi connectivity index (χ2v) is 5.01. The summed E-state index contributed by atoms with van der Waals surface area (Å²) < 4.78 is 5.74. The Balaban J connectivity index is 1.95. The predicted octanol–water partition coefficient (Wildman–Crippen LogP) is 3.23. The number of fused-ring (bicyclic) bond motifs is 1. The van der Waals surface area contributed by atoms with Crippen LogP contribution in [-0.2, 0) is 12.8 Å². The van der Waals surface area contributed by atoms with Crippen LogP contribution >= 0.6 is 0 Å². The van der Waals surface area contributed by atoms with Gasteiger partial charge in [-0.05, 0) is 23.1 Å². The van der Waals surface area contributed by atoms with E-state index in [9.17, 15) is 0 Å². The Hall–Kier alpha value is -1.80. The first-order chi connectivity index (χ1) is 9.29. The van der Waals surface area contributed by atoms with E-state index in [0.29, 0.717) is 0 Å². The monoisotopic (exact) mass is 253 g/mol. The molecular weight excluding hydrogens is 234 g/mol. The maximum Gasteiger partial charge on any atom is 0.127 e. The van der Waals surface area contributed by atoms with Crippen molar-refractivity contribution in [3.8, 4) is 5.75 Å². The van der Waals surface area contributed by atoms with Crippen LogP contribution in [0.15, 0.2) is 42.5 Å². The van der Waals surface area contributed by atoms with Crippen LogP contribution in [0.5, 0.6) is 5.75 Å². The van der Waals surface area contributed by atoms with Gasteiger partial charge >= 0.3 is 0 Å². The molecule has 0 radical (unpaired) electrons. The standard InChI is InChI=1S/C17H19NO/c1-2-12-6-8-13(9-7-12)16(18)15-5-3-4-14-10-11-19-17(14)15/h3-9,16H,2,10-11,18H2,1H3. The number of para-hydroxylation sites is 1. The molecule has 0 saturated heterocycles. The number of aryl methyl sites for hydroxylation is 1.